The minimum atomic E-state index is 0.219. The molecule has 20 heavy (non-hydrogen) atoms. The van der Waals surface area contributed by atoms with Crippen LogP contribution in [0.4, 0.5) is 0 Å². The molecule has 1 N–H and O–H groups in total. The molecular weight excluding hydrogens is 246 g/mol. The Bertz CT molecular complexity index is 462. The third kappa shape index (κ3) is 2.91. The number of rotatable bonds is 1. The summed E-state index contributed by atoms with van der Waals surface area (Å²) >= 11 is 0. The van der Waals surface area contributed by atoms with Gasteiger partial charge in [-0.15, -0.1) is 0 Å². The van der Waals surface area contributed by atoms with E-state index in [-0.39, 0.29) is 6.10 Å². The Kier molecular flexibility index (Phi) is 4.13. The van der Waals surface area contributed by atoms with Crippen molar-refractivity contribution in [1.29, 1.82) is 0 Å². The molecule has 2 aliphatic rings. The van der Waals surface area contributed by atoms with Crippen LogP contribution in [0.2, 0.25) is 0 Å². The van der Waals surface area contributed by atoms with Gasteiger partial charge in [0.05, 0.1) is 12.7 Å². The Balaban J connectivity index is 1.73. The molecule has 1 saturated carbocycles. The fourth-order valence-electron chi connectivity index (χ4n) is 3.87. The molecule has 1 aliphatic heterocycles. The van der Waals surface area contributed by atoms with Crippen molar-refractivity contribution in [2.24, 2.45) is 5.41 Å². The number of ether oxygens (including phenoxy) is 1. The average molecular weight is 273 g/mol. The van der Waals surface area contributed by atoms with Crippen LogP contribution in [0.15, 0.2) is 18.2 Å². The summed E-state index contributed by atoms with van der Waals surface area (Å²) in [6, 6.07) is 6.71. The maximum atomic E-state index is 6.34. The standard InChI is InChI=1S/C18H27NO/c1-14-6-7-16(15(2)10-14)17-11-19-12-18(13-20-17)8-4-3-5-9-18/h6-7,10,17,19H,3-5,8-9,11-13H2,1-2H3. The second kappa shape index (κ2) is 5.87. The molecule has 1 saturated heterocycles. The molecule has 1 atom stereocenters. The molecule has 1 aromatic carbocycles. The molecule has 1 unspecified atom stereocenters. The molecule has 2 heteroatoms. The Hall–Kier alpha value is -0.860. The topological polar surface area (TPSA) is 21.3 Å². The van der Waals surface area contributed by atoms with Crippen LogP contribution in [0.1, 0.15) is 54.9 Å². The van der Waals surface area contributed by atoms with Crippen LogP contribution >= 0.6 is 0 Å². The molecule has 1 spiro atoms. The summed E-state index contributed by atoms with van der Waals surface area (Å²) in [5.74, 6) is 0. The highest BCUT2D eigenvalue weighted by atomic mass is 16.5. The van der Waals surface area contributed by atoms with Gasteiger partial charge in [0.25, 0.3) is 0 Å². The van der Waals surface area contributed by atoms with Gasteiger partial charge in [0.1, 0.15) is 0 Å². The van der Waals surface area contributed by atoms with Crippen LogP contribution in [0.5, 0.6) is 0 Å². The molecule has 2 fully saturated rings. The van der Waals surface area contributed by atoms with E-state index in [0.717, 1.165) is 19.7 Å². The smallest absolute Gasteiger partial charge is 0.0952 e. The third-order valence-corrected chi connectivity index (χ3v) is 5.11. The maximum absolute atomic E-state index is 6.34. The molecule has 0 aromatic heterocycles. The Labute approximate surface area is 122 Å². The minimum Gasteiger partial charge on any atom is -0.372 e. The van der Waals surface area contributed by atoms with Gasteiger partial charge in [0.15, 0.2) is 0 Å². The van der Waals surface area contributed by atoms with Crippen molar-refractivity contribution in [3.05, 3.63) is 34.9 Å². The fraction of sp³-hybridized carbons (Fsp3) is 0.667. The first kappa shape index (κ1) is 14.1. The molecular formula is C18H27NO. The zero-order valence-corrected chi connectivity index (χ0v) is 12.9. The predicted molar refractivity (Wildman–Crippen MR) is 83.0 cm³/mol. The normalized spacial score (nSPS) is 26.4. The second-order valence-corrected chi connectivity index (χ2v) is 6.85. The van der Waals surface area contributed by atoms with Crippen molar-refractivity contribution >= 4 is 0 Å². The lowest BCUT2D eigenvalue weighted by Gasteiger charge is -2.35. The predicted octanol–water partition coefficient (Wildman–Crippen LogP) is 3.91. The molecule has 110 valence electrons. The van der Waals surface area contributed by atoms with Crippen molar-refractivity contribution in [2.75, 3.05) is 19.7 Å². The van der Waals surface area contributed by atoms with Crippen molar-refractivity contribution in [3.63, 3.8) is 0 Å². The Morgan fingerprint density at radius 1 is 1.15 bits per heavy atom. The molecule has 0 bridgehead atoms. The molecule has 1 aromatic rings. The lowest BCUT2D eigenvalue weighted by molar-refractivity contribution is -0.00164. The maximum Gasteiger partial charge on any atom is 0.0952 e. The number of hydrogen-bond donors (Lipinski definition) is 1. The highest BCUT2D eigenvalue weighted by Gasteiger charge is 2.35. The molecule has 0 amide bonds. The van der Waals surface area contributed by atoms with E-state index >= 15 is 0 Å². The lowest BCUT2D eigenvalue weighted by atomic mass is 9.74. The highest BCUT2D eigenvalue weighted by Crippen LogP contribution is 2.39. The van der Waals surface area contributed by atoms with E-state index in [1.807, 2.05) is 0 Å². The Morgan fingerprint density at radius 2 is 1.95 bits per heavy atom. The van der Waals surface area contributed by atoms with E-state index in [0.29, 0.717) is 5.41 Å². The summed E-state index contributed by atoms with van der Waals surface area (Å²) < 4.78 is 6.34. The van der Waals surface area contributed by atoms with Gasteiger partial charge in [-0.2, -0.15) is 0 Å². The van der Waals surface area contributed by atoms with Crippen molar-refractivity contribution in [1.82, 2.24) is 5.32 Å². The third-order valence-electron chi connectivity index (χ3n) is 5.11. The summed E-state index contributed by atoms with van der Waals surface area (Å²) in [7, 11) is 0. The van der Waals surface area contributed by atoms with Gasteiger partial charge < -0.3 is 10.1 Å². The van der Waals surface area contributed by atoms with E-state index < -0.39 is 0 Å². The second-order valence-electron chi connectivity index (χ2n) is 6.85. The SMILES string of the molecule is Cc1ccc(C2CNCC3(CCCCC3)CO2)c(C)c1. The minimum absolute atomic E-state index is 0.219. The number of nitrogens with one attached hydrogen (secondary N) is 1. The van der Waals surface area contributed by atoms with Crippen LogP contribution in [-0.2, 0) is 4.74 Å². The first-order valence-electron chi connectivity index (χ1n) is 8.08. The first-order chi connectivity index (χ1) is 9.69. The van der Waals surface area contributed by atoms with Gasteiger partial charge in [-0.25, -0.2) is 0 Å². The first-order valence-corrected chi connectivity index (χ1v) is 8.08. The van der Waals surface area contributed by atoms with Crippen LogP contribution in [0, 0.1) is 19.3 Å². The summed E-state index contributed by atoms with van der Waals surface area (Å²) in [6.07, 6.45) is 7.04. The van der Waals surface area contributed by atoms with Gasteiger partial charge in [-0.05, 0) is 37.8 Å². The summed E-state index contributed by atoms with van der Waals surface area (Å²) in [4.78, 5) is 0. The fourth-order valence-corrected chi connectivity index (χ4v) is 3.87. The molecule has 3 rings (SSSR count). The molecule has 0 radical (unpaired) electrons. The van der Waals surface area contributed by atoms with Crippen molar-refractivity contribution in [3.8, 4) is 0 Å². The Morgan fingerprint density at radius 3 is 2.70 bits per heavy atom. The quantitative estimate of drug-likeness (QED) is 0.837. The van der Waals surface area contributed by atoms with E-state index in [4.69, 9.17) is 4.74 Å². The van der Waals surface area contributed by atoms with Crippen LogP contribution in [-0.4, -0.2) is 19.7 Å². The monoisotopic (exact) mass is 273 g/mol. The molecule has 1 heterocycles. The van der Waals surface area contributed by atoms with Crippen LogP contribution < -0.4 is 5.32 Å². The largest absolute Gasteiger partial charge is 0.372 e. The van der Waals surface area contributed by atoms with E-state index in [9.17, 15) is 0 Å². The number of hydrogen-bond acceptors (Lipinski definition) is 2. The van der Waals surface area contributed by atoms with Gasteiger partial charge >= 0.3 is 0 Å². The number of aryl methyl sites for hydroxylation is 2. The van der Waals surface area contributed by atoms with E-state index in [2.05, 4.69) is 37.4 Å². The van der Waals surface area contributed by atoms with E-state index in [1.165, 1.54) is 48.8 Å². The summed E-state index contributed by atoms with van der Waals surface area (Å²) in [5.41, 5.74) is 4.45. The van der Waals surface area contributed by atoms with Crippen LogP contribution in [0.3, 0.4) is 0 Å². The van der Waals surface area contributed by atoms with Crippen molar-refractivity contribution < 1.29 is 4.74 Å². The van der Waals surface area contributed by atoms with E-state index in [1.54, 1.807) is 0 Å². The zero-order valence-electron chi connectivity index (χ0n) is 12.9. The zero-order chi connectivity index (χ0) is 14.0. The summed E-state index contributed by atoms with van der Waals surface area (Å²) in [5, 5.41) is 3.67. The van der Waals surface area contributed by atoms with Gasteiger partial charge in [0, 0.05) is 18.5 Å². The molecule has 2 nitrogen and oxygen atoms in total. The number of benzene rings is 1. The van der Waals surface area contributed by atoms with Gasteiger partial charge in [-0.1, -0.05) is 43.0 Å². The van der Waals surface area contributed by atoms with Gasteiger partial charge in [0.2, 0.25) is 0 Å². The van der Waals surface area contributed by atoms with Gasteiger partial charge in [-0.3, -0.25) is 0 Å². The average Bonchev–Trinajstić information content (AvgIpc) is 2.63. The highest BCUT2D eigenvalue weighted by molar-refractivity contribution is 5.32. The molecule has 1 aliphatic carbocycles. The van der Waals surface area contributed by atoms with Crippen LogP contribution in [0.25, 0.3) is 0 Å². The van der Waals surface area contributed by atoms with Crippen molar-refractivity contribution in [2.45, 2.75) is 52.1 Å². The lowest BCUT2D eigenvalue weighted by Crippen LogP contribution is -2.37. The summed E-state index contributed by atoms with van der Waals surface area (Å²) in [6.45, 7) is 7.37.